The zero-order valence-electron chi connectivity index (χ0n) is 7.97. The van der Waals surface area contributed by atoms with E-state index in [1.165, 1.54) is 0 Å². The lowest BCUT2D eigenvalue weighted by atomic mass is 9.86. The van der Waals surface area contributed by atoms with Crippen LogP contribution < -0.4 is 0 Å². The maximum Gasteiger partial charge on any atom is 0.352 e. The van der Waals surface area contributed by atoms with Crippen molar-refractivity contribution in [2.24, 2.45) is 0 Å². The van der Waals surface area contributed by atoms with Gasteiger partial charge in [0.25, 0.3) is 0 Å². The second kappa shape index (κ2) is 2.78. The topological polar surface area (TPSA) is 52.6 Å². The van der Waals surface area contributed by atoms with Crippen molar-refractivity contribution in [3.05, 3.63) is 12.7 Å². The number of hydrogen-bond acceptors (Lipinski definition) is 5. The van der Waals surface area contributed by atoms with E-state index in [0.29, 0.717) is 11.7 Å². The fourth-order valence-corrected chi connectivity index (χ4v) is 4.50. The van der Waals surface area contributed by atoms with Crippen molar-refractivity contribution in [2.75, 3.05) is 0 Å². The van der Waals surface area contributed by atoms with Crippen molar-refractivity contribution in [1.82, 2.24) is 0 Å². The number of ether oxygens (including phenoxy) is 2. The monoisotopic (exact) mass is 226 g/mol. The Morgan fingerprint density at radius 3 is 3.20 bits per heavy atom. The normalized spacial score (nSPS) is 45.3. The van der Waals surface area contributed by atoms with Crippen molar-refractivity contribution in [2.45, 2.75) is 35.0 Å². The van der Waals surface area contributed by atoms with Gasteiger partial charge in [-0.1, -0.05) is 6.58 Å². The first-order chi connectivity index (χ1) is 7.15. The van der Waals surface area contributed by atoms with Crippen molar-refractivity contribution in [1.29, 1.82) is 0 Å². The largest absolute Gasteiger partial charge is 0.458 e. The van der Waals surface area contributed by atoms with Gasteiger partial charge >= 0.3 is 11.9 Å². The molecule has 3 fully saturated rings. The van der Waals surface area contributed by atoms with Gasteiger partial charge in [-0.2, -0.15) is 0 Å². The lowest BCUT2D eigenvalue weighted by molar-refractivity contribution is -0.168. The fraction of sp³-hybridized carbons (Fsp3) is 0.600. The Hall–Kier alpha value is -0.970. The summed E-state index contributed by atoms with van der Waals surface area (Å²) in [6.07, 6.45) is 2.52. The van der Waals surface area contributed by atoms with Gasteiger partial charge in [-0.05, 0) is 6.42 Å². The summed E-state index contributed by atoms with van der Waals surface area (Å²) in [4.78, 5) is 22.9. The molecule has 3 saturated heterocycles. The molecule has 4 unspecified atom stereocenters. The van der Waals surface area contributed by atoms with E-state index in [9.17, 15) is 9.59 Å². The number of carbonyl (C=O) groups is 2. The highest BCUT2D eigenvalue weighted by atomic mass is 32.2. The van der Waals surface area contributed by atoms with E-state index in [1.807, 2.05) is 0 Å². The third-order valence-corrected chi connectivity index (χ3v) is 4.94. The van der Waals surface area contributed by atoms with Gasteiger partial charge in [0.2, 0.25) is 5.60 Å². The molecule has 0 N–H and O–H groups in total. The Bertz CT molecular complexity index is 366. The van der Waals surface area contributed by atoms with Crippen LogP contribution in [-0.2, 0) is 19.1 Å². The Morgan fingerprint density at radius 1 is 1.73 bits per heavy atom. The molecule has 0 amide bonds. The minimum atomic E-state index is -1.01. The molecule has 3 aliphatic heterocycles. The smallest absolute Gasteiger partial charge is 0.352 e. The summed E-state index contributed by atoms with van der Waals surface area (Å²) < 4.78 is 10.4. The zero-order valence-corrected chi connectivity index (χ0v) is 8.79. The van der Waals surface area contributed by atoms with Gasteiger partial charge in [0.05, 0.1) is 5.25 Å². The van der Waals surface area contributed by atoms with Crippen LogP contribution in [0.2, 0.25) is 0 Å². The molecule has 3 rings (SSSR count). The maximum absolute atomic E-state index is 11.7. The Morgan fingerprint density at radius 2 is 2.53 bits per heavy atom. The maximum atomic E-state index is 11.7. The zero-order chi connectivity index (χ0) is 10.6. The summed E-state index contributed by atoms with van der Waals surface area (Å²) in [6.45, 7) is 3.34. The van der Waals surface area contributed by atoms with Gasteiger partial charge in [-0.3, -0.25) is 0 Å². The number of thioether (sulfide) groups is 1. The van der Waals surface area contributed by atoms with E-state index in [1.54, 1.807) is 11.8 Å². The average molecular weight is 226 g/mol. The third kappa shape index (κ3) is 1.04. The third-order valence-electron chi connectivity index (χ3n) is 3.22. The fourth-order valence-electron chi connectivity index (χ4n) is 2.64. The lowest BCUT2D eigenvalue weighted by Crippen LogP contribution is -2.46. The molecule has 0 aromatic rings. The molecule has 0 aliphatic carbocycles. The van der Waals surface area contributed by atoms with Crippen LogP contribution in [0.4, 0.5) is 0 Å². The molecule has 3 heterocycles. The Balaban J connectivity index is 1.94. The number of carbonyl (C=O) groups excluding carboxylic acids is 2. The SMILES string of the molecule is C=CC(=O)OC12CC3CC(OC1=O)C2S3. The highest BCUT2D eigenvalue weighted by Crippen LogP contribution is 2.58. The van der Waals surface area contributed by atoms with Crippen LogP contribution in [0.1, 0.15) is 12.8 Å². The number of fused-ring (bicyclic) bond motifs is 1. The summed E-state index contributed by atoms with van der Waals surface area (Å²) >= 11 is 1.71. The summed E-state index contributed by atoms with van der Waals surface area (Å²) in [5.74, 6) is -0.916. The van der Waals surface area contributed by atoms with Gasteiger partial charge in [0.15, 0.2) is 0 Å². The molecule has 0 spiro atoms. The van der Waals surface area contributed by atoms with Gasteiger partial charge in [0.1, 0.15) is 6.10 Å². The van der Waals surface area contributed by atoms with Crippen molar-refractivity contribution in [3.8, 4) is 0 Å². The van der Waals surface area contributed by atoms with Crippen LogP contribution in [-0.4, -0.2) is 34.1 Å². The van der Waals surface area contributed by atoms with Gasteiger partial charge < -0.3 is 9.47 Å². The molecule has 5 heteroatoms. The van der Waals surface area contributed by atoms with Gasteiger partial charge in [-0.15, -0.1) is 11.8 Å². The summed E-state index contributed by atoms with van der Waals surface area (Å²) in [5.41, 5.74) is -1.01. The van der Waals surface area contributed by atoms with Crippen LogP contribution in [0.25, 0.3) is 0 Å². The van der Waals surface area contributed by atoms with Crippen molar-refractivity contribution < 1.29 is 19.1 Å². The second-order valence-corrected chi connectivity index (χ2v) is 5.52. The molecule has 0 aromatic heterocycles. The number of esters is 2. The first-order valence-electron chi connectivity index (χ1n) is 4.87. The van der Waals surface area contributed by atoms with Gasteiger partial charge in [-0.25, -0.2) is 9.59 Å². The minimum absolute atomic E-state index is 0.00102. The minimum Gasteiger partial charge on any atom is -0.458 e. The first-order valence-corrected chi connectivity index (χ1v) is 5.82. The molecule has 3 aliphatic rings. The van der Waals surface area contributed by atoms with Crippen LogP contribution >= 0.6 is 11.8 Å². The Labute approximate surface area is 91.0 Å². The molecule has 15 heavy (non-hydrogen) atoms. The van der Waals surface area contributed by atoms with E-state index in [0.717, 1.165) is 12.5 Å². The molecule has 0 saturated carbocycles. The molecular formula is C10H10O4S. The average Bonchev–Trinajstić information content (AvgIpc) is 2.77. The van der Waals surface area contributed by atoms with Crippen LogP contribution in [0.15, 0.2) is 12.7 Å². The molecular weight excluding hydrogens is 216 g/mol. The van der Waals surface area contributed by atoms with E-state index < -0.39 is 11.6 Å². The highest BCUT2D eigenvalue weighted by Gasteiger charge is 2.70. The van der Waals surface area contributed by atoms with E-state index in [2.05, 4.69) is 6.58 Å². The summed E-state index contributed by atoms with van der Waals surface area (Å²) in [6, 6.07) is 0. The summed E-state index contributed by atoms with van der Waals surface area (Å²) in [5, 5.41) is 0.392. The first kappa shape index (κ1) is 9.27. The standard InChI is InChI=1S/C10H10O4S/c1-2-7(11)14-10-4-5-3-6(8(10)15-5)13-9(10)12/h2,5-6,8H,1,3-4H2. The van der Waals surface area contributed by atoms with E-state index >= 15 is 0 Å². The van der Waals surface area contributed by atoms with Crippen LogP contribution in [0, 0.1) is 0 Å². The van der Waals surface area contributed by atoms with E-state index in [-0.39, 0.29) is 17.3 Å². The lowest BCUT2D eigenvalue weighted by Gasteiger charge is -2.25. The molecule has 80 valence electrons. The molecule has 0 aromatic carbocycles. The van der Waals surface area contributed by atoms with Crippen LogP contribution in [0.3, 0.4) is 0 Å². The molecule has 4 atom stereocenters. The number of hydrogen-bond donors (Lipinski definition) is 0. The Kier molecular flexibility index (Phi) is 1.72. The quantitative estimate of drug-likeness (QED) is 0.511. The number of rotatable bonds is 2. The van der Waals surface area contributed by atoms with Crippen LogP contribution in [0.5, 0.6) is 0 Å². The van der Waals surface area contributed by atoms with Crippen molar-refractivity contribution >= 4 is 23.7 Å². The van der Waals surface area contributed by atoms with E-state index in [4.69, 9.17) is 9.47 Å². The predicted molar refractivity (Wildman–Crippen MR) is 53.3 cm³/mol. The summed E-state index contributed by atoms with van der Waals surface area (Å²) in [7, 11) is 0. The molecule has 4 nitrogen and oxygen atoms in total. The molecule has 2 bridgehead atoms. The second-order valence-electron chi connectivity index (χ2n) is 4.08. The van der Waals surface area contributed by atoms with Crippen molar-refractivity contribution in [3.63, 3.8) is 0 Å². The predicted octanol–water partition coefficient (Wildman–Crippen LogP) is 0.658. The molecule has 0 radical (unpaired) electrons. The highest BCUT2D eigenvalue weighted by molar-refractivity contribution is 8.01. The van der Waals surface area contributed by atoms with Gasteiger partial charge in [0, 0.05) is 17.7 Å².